The molecule has 4 atom stereocenters. The highest BCUT2D eigenvalue weighted by atomic mass is 35.5. The Kier molecular flexibility index (Phi) is 5.13. The van der Waals surface area contributed by atoms with Gasteiger partial charge in [-0.15, -0.1) is 0 Å². The van der Waals surface area contributed by atoms with E-state index in [1.165, 1.54) is 11.1 Å². The molecule has 2 bridgehead atoms. The first-order valence-electron chi connectivity index (χ1n) is 10.1. The zero-order chi connectivity index (χ0) is 20.0. The number of piperazine rings is 1. The van der Waals surface area contributed by atoms with Gasteiger partial charge in [-0.2, -0.15) is 0 Å². The number of amides is 1. The summed E-state index contributed by atoms with van der Waals surface area (Å²) in [5, 5.41) is 10.6. The summed E-state index contributed by atoms with van der Waals surface area (Å²) in [5.74, 6) is -1.64. The summed E-state index contributed by atoms with van der Waals surface area (Å²) in [7, 11) is 0. The minimum absolute atomic E-state index is 0.0251. The van der Waals surface area contributed by atoms with E-state index in [9.17, 15) is 14.7 Å². The van der Waals surface area contributed by atoms with E-state index in [4.69, 9.17) is 11.6 Å². The molecule has 1 aliphatic heterocycles. The molecular weight excluding hydrogens is 376 g/mol. The smallest absolute Gasteiger partial charge is 0.307 e. The van der Waals surface area contributed by atoms with Gasteiger partial charge in [0.2, 0.25) is 5.91 Å². The number of carbonyl (C=O) groups excluding carboxylic acids is 1. The van der Waals surface area contributed by atoms with Gasteiger partial charge in [-0.1, -0.05) is 34.9 Å². The molecule has 0 unspecified atom stereocenters. The zero-order valence-electron chi connectivity index (χ0n) is 16.4. The number of anilines is 1. The van der Waals surface area contributed by atoms with E-state index in [-0.39, 0.29) is 17.7 Å². The molecule has 1 amide bonds. The van der Waals surface area contributed by atoms with E-state index in [1.807, 2.05) is 29.2 Å². The normalized spacial score (nSPS) is 29.3. The van der Waals surface area contributed by atoms with E-state index in [1.54, 1.807) is 0 Å². The zero-order valence-corrected chi connectivity index (χ0v) is 17.2. The lowest BCUT2D eigenvalue weighted by Crippen LogP contribution is -2.52. The fourth-order valence-corrected chi connectivity index (χ4v) is 5.93. The fraction of sp³-hybridized carbons (Fsp3) is 0.545. The third kappa shape index (κ3) is 3.10. The van der Waals surface area contributed by atoms with Crippen molar-refractivity contribution in [3.63, 3.8) is 0 Å². The highest BCUT2D eigenvalue weighted by molar-refractivity contribution is 6.33. The van der Waals surface area contributed by atoms with Gasteiger partial charge in [0.05, 0.1) is 22.5 Å². The van der Waals surface area contributed by atoms with E-state index in [2.05, 4.69) is 18.7 Å². The van der Waals surface area contributed by atoms with Crippen LogP contribution in [0.5, 0.6) is 0 Å². The van der Waals surface area contributed by atoms with Crippen molar-refractivity contribution in [3.8, 4) is 0 Å². The Bertz CT molecular complexity index is 825. The predicted molar refractivity (Wildman–Crippen MR) is 109 cm³/mol. The summed E-state index contributed by atoms with van der Waals surface area (Å²) in [6.45, 7) is 6.74. The third-order valence-corrected chi connectivity index (χ3v) is 7.09. The molecule has 1 aromatic rings. The molecule has 0 aromatic heterocycles. The second-order valence-corrected chi connectivity index (χ2v) is 8.81. The van der Waals surface area contributed by atoms with Crippen molar-refractivity contribution in [3.05, 3.63) is 40.4 Å². The van der Waals surface area contributed by atoms with Crippen LogP contribution in [0.2, 0.25) is 5.02 Å². The summed E-state index contributed by atoms with van der Waals surface area (Å²) in [6.07, 6.45) is 1.83. The van der Waals surface area contributed by atoms with Crippen LogP contribution in [0.25, 0.3) is 0 Å². The van der Waals surface area contributed by atoms with E-state index in [0.717, 1.165) is 23.6 Å². The lowest BCUT2D eigenvalue weighted by molar-refractivity contribution is -0.153. The highest BCUT2D eigenvalue weighted by Gasteiger charge is 2.58. The molecular formula is C22H27ClN2O3. The number of hydrogen-bond donors (Lipinski definition) is 1. The standard InChI is InChI=1S/C22H27ClN2O3/c1-13(2)18-14-7-8-15(18)20(22(27)28)19(14)21(26)25-11-9-24(10-12-25)17-6-4-3-5-16(17)23/h3-6,14-15,19-20H,7-12H2,1-2H3,(H,27,28)/t14-,15-,19+,20-/m1/s1. The van der Waals surface area contributed by atoms with Crippen LogP contribution >= 0.6 is 11.6 Å². The first-order valence-corrected chi connectivity index (χ1v) is 10.5. The number of rotatable bonds is 3. The number of carboxylic acids is 1. The van der Waals surface area contributed by atoms with Crippen molar-refractivity contribution in [1.29, 1.82) is 0 Å². The van der Waals surface area contributed by atoms with Crippen LogP contribution in [0, 0.1) is 23.7 Å². The molecule has 2 aliphatic carbocycles. The lowest BCUT2D eigenvalue weighted by atomic mass is 9.78. The number of hydrogen-bond acceptors (Lipinski definition) is 3. The number of aliphatic carboxylic acids is 1. The molecule has 28 heavy (non-hydrogen) atoms. The Balaban J connectivity index is 1.50. The third-order valence-electron chi connectivity index (χ3n) is 6.77. The molecule has 5 nitrogen and oxygen atoms in total. The van der Waals surface area contributed by atoms with Crippen molar-refractivity contribution in [2.45, 2.75) is 26.7 Å². The predicted octanol–water partition coefficient (Wildman–Crippen LogP) is 3.68. The minimum atomic E-state index is -0.820. The van der Waals surface area contributed by atoms with Gasteiger partial charge in [0.25, 0.3) is 0 Å². The number of carboxylic acid groups (broad SMARTS) is 1. The van der Waals surface area contributed by atoms with Crippen LogP contribution in [-0.4, -0.2) is 48.1 Å². The Hall–Kier alpha value is -2.01. The Morgan fingerprint density at radius 2 is 1.61 bits per heavy atom. The van der Waals surface area contributed by atoms with Gasteiger partial charge < -0.3 is 14.9 Å². The van der Waals surface area contributed by atoms with Crippen LogP contribution < -0.4 is 4.90 Å². The van der Waals surface area contributed by atoms with E-state index < -0.39 is 17.8 Å². The van der Waals surface area contributed by atoms with Gasteiger partial charge in [0.15, 0.2) is 0 Å². The summed E-state index contributed by atoms with van der Waals surface area (Å²) in [4.78, 5) is 29.5. The molecule has 1 N–H and O–H groups in total. The maximum atomic E-state index is 13.4. The van der Waals surface area contributed by atoms with Crippen LogP contribution in [0.15, 0.2) is 35.4 Å². The Morgan fingerprint density at radius 1 is 1.00 bits per heavy atom. The minimum Gasteiger partial charge on any atom is -0.481 e. The molecule has 1 aromatic carbocycles. The van der Waals surface area contributed by atoms with Crippen LogP contribution in [-0.2, 0) is 9.59 Å². The van der Waals surface area contributed by atoms with Gasteiger partial charge >= 0.3 is 5.97 Å². The van der Waals surface area contributed by atoms with Crippen molar-refractivity contribution in [2.75, 3.05) is 31.1 Å². The SMILES string of the molecule is CC(C)=C1[C@H]2CC[C@H]1[C@@H](C(=O)O)[C@H]2C(=O)N1CCN(c2ccccc2Cl)CC1. The van der Waals surface area contributed by atoms with Gasteiger partial charge in [-0.05, 0) is 50.7 Å². The average molecular weight is 403 g/mol. The van der Waals surface area contributed by atoms with Crippen LogP contribution in [0.4, 0.5) is 5.69 Å². The van der Waals surface area contributed by atoms with Gasteiger partial charge in [0.1, 0.15) is 0 Å². The molecule has 1 heterocycles. The number of fused-ring (bicyclic) bond motifs is 2. The number of nitrogens with zero attached hydrogens (tertiary/aromatic N) is 2. The second-order valence-electron chi connectivity index (χ2n) is 8.40. The fourth-order valence-electron chi connectivity index (χ4n) is 5.67. The number of benzene rings is 1. The molecule has 150 valence electrons. The Labute approximate surface area is 171 Å². The first-order chi connectivity index (χ1) is 13.4. The van der Waals surface area contributed by atoms with Gasteiger partial charge in [0, 0.05) is 26.2 Å². The maximum absolute atomic E-state index is 13.4. The molecule has 3 fully saturated rings. The van der Waals surface area contributed by atoms with Crippen molar-refractivity contribution >= 4 is 29.2 Å². The van der Waals surface area contributed by atoms with E-state index in [0.29, 0.717) is 26.2 Å². The van der Waals surface area contributed by atoms with E-state index >= 15 is 0 Å². The Morgan fingerprint density at radius 3 is 2.18 bits per heavy atom. The second kappa shape index (κ2) is 7.43. The molecule has 6 heteroatoms. The summed E-state index contributed by atoms with van der Waals surface area (Å²) < 4.78 is 0. The first kappa shape index (κ1) is 19.3. The van der Waals surface area contributed by atoms with Crippen molar-refractivity contribution in [2.24, 2.45) is 23.7 Å². The molecule has 3 aliphatic rings. The summed E-state index contributed by atoms with van der Waals surface area (Å²) in [6, 6.07) is 7.75. The van der Waals surface area contributed by atoms with Crippen molar-refractivity contribution in [1.82, 2.24) is 4.90 Å². The number of para-hydroxylation sites is 1. The topological polar surface area (TPSA) is 60.9 Å². The lowest BCUT2D eigenvalue weighted by Gasteiger charge is -2.39. The monoisotopic (exact) mass is 402 g/mol. The van der Waals surface area contributed by atoms with Crippen molar-refractivity contribution < 1.29 is 14.7 Å². The molecule has 0 spiro atoms. The largest absolute Gasteiger partial charge is 0.481 e. The number of allylic oxidation sites excluding steroid dienone is 2. The van der Waals surface area contributed by atoms with Crippen LogP contribution in [0.3, 0.4) is 0 Å². The number of carbonyl (C=O) groups is 2. The highest BCUT2D eigenvalue weighted by Crippen LogP contribution is 2.57. The average Bonchev–Trinajstić information content (AvgIpc) is 3.24. The quantitative estimate of drug-likeness (QED) is 0.783. The molecule has 4 rings (SSSR count). The maximum Gasteiger partial charge on any atom is 0.307 e. The van der Waals surface area contributed by atoms with Gasteiger partial charge in [-0.3, -0.25) is 9.59 Å². The summed E-state index contributed by atoms with van der Waals surface area (Å²) >= 11 is 6.31. The number of halogens is 1. The van der Waals surface area contributed by atoms with Gasteiger partial charge in [-0.25, -0.2) is 0 Å². The molecule has 0 radical (unpaired) electrons. The molecule has 1 saturated heterocycles. The summed E-state index contributed by atoms with van der Waals surface area (Å²) in [5.41, 5.74) is 3.42. The molecule has 2 saturated carbocycles. The van der Waals surface area contributed by atoms with Crippen LogP contribution in [0.1, 0.15) is 26.7 Å².